The molecular formula is C13H8Cl2N4OS. The molecule has 0 fully saturated rings. The number of thiazole rings is 1. The molecule has 0 aliphatic carbocycles. The Kier molecular flexibility index (Phi) is 3.75. The summed E-state index contributed by atoms with van der Waals surface area (Å²) < 4.78 is 0.842. The molecule has 0 aliphatic rings. The summed E-state index contributed by atoms with van der Waals surface area (Å²) in [5, 5.41) is 3.91. The van der Waals surface area contributed by atoms with Crippen LogP contribution in [0, 0.1) is 6.92 Å². The smallest absolute Gasteiger partial charge is 0.277 e. The third-order valence-corrected chi connectivity index (χ3v) is 4.42. The van der Waals surface area contributed by atoms with E-state index in [1.807, 2.05) is 6.07 Å². The monoisotopic (exact) mass is 338 g/mol. The number of aromatic nitrogens is 3. The molecule has 3 rings (SSSR count). The van der Waals surface area contributed by atoms with Crippen LogP contribution in [0.1, 0.15) is 16.2 Å². The number of halogens is 2. The fourth-order valence-electron chi connectivity index (χ4n) is 1.66. The van der Waals surface area contributed by atoms with Crippen molar-refractivity contribution in [1.82, 2.24) is 15.0 Å². The minimum atomic E-state index is -0.372. The Labute approximate surface area is 134 Å². The number of aryl methyl sites for hydroxylation is 1. The molecule has 0 atom stereocenters. The van der Waals surface area contributed by atoms with E-state index in [0.29, 0.717) is 20.7 Å². The van der Waals surface area contributed by atoms with Gasteiger partial charge in [-0.2, -0.15) is 0 Å². The van der Waals surface area contributed by atoms with Crippen molar-refractivity contribution >= 4 is 55.8 Å². The highest BCUT2D eigenvalue weighted by Crippen LogP contribution is 2.35. The van der Waals surface area contributed by atoms with Crippen molar-refractivity contribution in [3.63, 3.8) is 0 Å². The zero-order chi connectivity index (χ0) is 15.0. The summed E-state index contributed by atoms with van der Waals surface area (Å²) >= 11 is 13.3. The van der Waals surface area contributed by atoms with Crippen LogP contribution in [0.25, 0.3) is 10.2 Å². The van der Waals surface area contributed by atoms with Gasteiger partial charge in [-0.25, -0.2) is 9.97 Å². The first-order valence-electron chi connectivity index (χ1n) is 5.89. The molecule has 0 saturated heterocycles. The minimum Gasteiger partial charge on any atom is -0.296 e. The van der Waals surface area contributed by atoms with E-state index < -0.39 is 0 Å². The average molecular weight is 339 g/mol. The van der Waals surface area contributed by atoms with E-state index in [-0.39, 0.29) is 11.6 Å². The molecule has 1 aromatic carbocycles. The van der Waals surface area contributed by atoms with E-state index in [1.165, 1.54) is 23.7 Å². The van der Waals surface area contributed by atoms with Gasteiger partial charge in [-0.05, 0) is 19.1 Å². The quantitative estimate of drug-likeness (QED) is 0.767. The number of carbonyl (C=O) groups excluding carboxylic acids is 1. The average Bonchev–Trinajstić information content (AvgIpc) is 2.87. The van der Waals surface area contributed by atoms with Gasteiger partial charge in [0.2, 0.25) is 0 Å². The van der Waals surface area contributed by atoms with Crippen molar-refractivity contribution in [1.29, 1.82) is 0 Å². The molecule has 0 aliphatic heterocycles. The van der Waals surface area contributed by atoms with Crippen molar-refractivity contribution in [3.05, 3.63) is 46.0 Å². The first-order chi connectivity index (χ1) is 10.0. The highest BCUT2D eigenvalue weighted by Gasteiger charge is 2.14. The topological polar surface area (TPSA) is 67.8 Å². The largest absolute Gasteiger partial charge is 0.296 e. The first kappa shape index (κ1) is 14.2. The molecule has 8 heteroatoms. The summed E-state index contributed by atoms with van der Waals surface area (Å²) in [6, 6.07) is 3.50. The van der Waals surface area contributed by atoms with Gasteiger partial charge in [0.25, 0.3) is 5.91 Å². The molecular weight excluding hydrogens is 331 g/mol. The van der Waals surface area contributed by atoms with Gasteiger partial charge in [-0.1, -0.05) is 34.5 Å². The van der Waals surface area contributed by atoms with Crippen LogP contribution in [0.5, 0.6) is 0 Å². The number of nitrogens with one attached hydrogen (secondary N) is 1. The van der Waals surface area contributed by atoms with Gasteiger partial charge in [-0.15, -0.1) is 0 Å². The van der Waals surface area contributed by atoms with Crippen molar-refractivity contribution in [2.75, 3.05) is 5.32 Å². The Hall–Kier alpha value is -1.76. The van der Waals surface area contributed by atoms with Gasteiger partial charge < -0.3 is 0 Å². The van der Waals surface area contributed by atoms with Gasteiger partial charge in [0, 0.05) is 6.20 Å². The summed E-state index contributed by atoms with van der Waals surface area (Å²) in [5.41, 5.74) is 1.54. The fraction of sp³-hybridized carbons (Fsp3) is 0.0769. The molecule has 0 saturated carbocycles. The number of amides is 1. The summed E-state index contributed by atoms with van der Waals surface area (Å²) in [5.74, 6) is -0.372. The number of rotatable bonds is 2. The van der Waals surface area contributed by atoms with Crippen LogP contribution in [0.3, 0.4) is 0 Å². The zero-order valence-electron chi connectivity index (χ0n) is 10.7. The molecule has 0 spiro atoms. The molecule has 2 aromatic heterocycles. The highest BCUT2D eigenvalue weighted by atomic mass is 35.5. The van der Waals surface area contributed by atoms with E-state index in [1.54, 1.807) is 13.0 Å². The summed E-state index contributed by atoms with van der Waals surface area (Å²) in [7, 11) is 0. The summed E-state index contributed by atoms with van der Waals surface area (Å²) in [4.78, 5) is 24.4. The summed E-state index contributed by atoms with van der Waals surface area (Å²) in [6.07, 6.45) is 2.95. The van der Waals surface area contributed by atoms with E-state index in [2.05, 4.69) is 20.3 Å². The SMILES string of the molecule is Cc1cnc(C(=O)Nc2nc3c(Cl)c(Cl)ccc3s2)cn1. The number of anilines is 1. The van der Waals surface area contributed by atoms with Gasteiger partial charge in [0.15, 0.2) is 5.13 Å². The number of benzene rings is 1. The number of hydrogen-bond acceptors (Lipinski definition) is 5. The predicted octanol–water partition coefficient (Wildman–Crippen LogP) is 3.95. The highest BCUT2D eigenvalue weighted by molar-refractivity contribution is 7.22. The second-order valence-corrected chi connectivity index (χ2v) is 6.04. The lowest BCUT2D eigenvalue weighted by atomic mass is 10.3. The molecule has 21 heavy (non-hydrogen) atoms. The number of hydrogen-bond donors (Lipinski definition) is 1. The molecule has 0 radical (unpaired) electrons. The van der Waals surface area contributed by atoms with Gasteiger partial charge >= 0.3 is 0 Å². The van der Waals surface area contributed by atoms with Crippen molar-refractivity contribution < 1.29 is 4.79 Å². The number of carbonyl (C=O) groups is 1. The number of nitrogens with zero attached hydrogens (tertiary/aromatic N) is 3. The van der Waals surface area contributed by atoms with Gasteiger partial charge in [-0.3, -0.25) is 15.1 Å². The lowest BCUT2D eigenvalue weighted by molar-refractivity contribution is 0.102. The Balaban J connectivity index is 1.89. The van der Waals surface area contributed by atoms with Crippen LogP contribution < -0.4 is 5.32 Å². The van der Waals surface area contributed by atoms with E-state index in [4.69, 9.17) is 23.2 Å². The van der Waals surface area contributed by atoms with Gasteiger partial charge in [0.1, 0.15) is 11.2 Å². The Morgan fingerprint density at radius 3 is 2.76 bits per heavy atom. The number of fused-ring (bicyclic) bond motifs is 1. The third-order valence-electron chi connectivity index (χ3n) is 2.69. The molecule has 1 amide bonds. The predicted molar refractivity (Wildman–Crippen MR) is 84.4 cm³/mol. The molecule has 1 N–H and O–H groups in total. The lowest BCUT2D eigenvalue weighted by Gasteiger charge is -2.00. The summed E-state index contributed by atoms with van der Waals surface area (Å²) in [6.45, 7) is 1.80. The molecule has 106 valence electrons. The molecule has 2 heterocycles. The first-order valence-corrected chi connectivity index (χ1v) is 7.46. The lowest BCUT2D eigenvalue weighted by Crippen LogP contribution is -2.13. The molecule has 5 nitrogen and oxygen atoms in total. The second kappa shape index (κ2) is 5.55. The maximum atomic E-state index is 12.0. The van der Waals surface area contributed by atoms with Crippen LogP contribution in [-0.2, 0) is 0 Å². The van der Waals surface area contributed by atoms with Crippen LogP contribution in [0.2, 0.25) is 10.0 Å². The van der Waals surface area contributed by atoms with Crippen molar-refractivity contribution in [2.45, 2.75) is 6.92 Å². The Morgan fingerprint density at radius 1 is 1.24 bits per heavy atom. The maximum Gasteiger partial charge on any atom is 0.277 e. The van der Waals surface area contributed by atoms with E-state index in [9.17, 15) is 4.79 Å². The Bertz CT molecular complexity index is 832. The Morgan fingerprint density at radius 2 is 2.05 bits per heavy atom. The molecule has 0 bridgehead atoms. The zero-order valence-corrected chi connectivity index (χ0v) is 13.1. The van der Waals surface area contributed by atoms with Crippen LogP contribution in [0.15, 0.2) is 24.5 Å². The fourth-order valence-corrected chi connectivity index (χ4v) is 2.95. The van der Waals surface area contributed by atoms with Crippen LogP contribution >= 0.6 is 34.5 Å². The third kappa shape index (κ3) is 2.83. The van der Waals surface area contributed by atoms with Crippen LogP contribution in [0.4, 0.5) is 5.13 Å². The second-order valence-electron chi connectivity index (χ2n) is 4.22. The van der Waals surface area contributed by atoms with Crippen LogP contribution in [-0.4, -0.2) is 20.9 Å². The van der Waals surface area contributed by atoms with Gasteiger partial charge in [0.05, 0.1) is 26.6 Å². The van der Waals surface area contributed by atoms with E-state index in [0.717, 1.165) is 10.4 Å². The standard InChI is InChI=1S/C13H8Cl2N4OS/c1-6-4-17-8(5-16-6)12(20)19-13-18-11-9(21-13)3-2-7(14)10(11)15/h2-5H,1H3,(H,18,19,20). The maximum absolute atomic E-state index is 12.0. The van der Waals surface area contributed by atoms with Crippen molar-refractivity contribution in [3.8, 4) is 0 Å². The normalized spacial score (nSPS) is 10.8. The molecule has 3 aromatic rings. The van der Waals surface area contributed by atoms with E-state index >= 15 is 0 Å². The minimum absolute atomic E-state index is 0.226. The molecule has 0 unspecified atom stereocenters. The van der Waals surface area contributed by atoms with Crippen molar-refractivity contribution in [2.24, 2.45) is 0 Å².